The van der Waals surface area contributed by atoms with Crippen molar-refractivity contribution in [1.29, 1.82) is 0 Å². The molecule has 0 spiro atoms. The SMILES string of the molecule is CNCCC[C@@H]1Oc2cc(F)ccc2N(c2ccccc2)S1(=O)=O. The molecule has 0 fully saturated rings. The van der Waals surface area contributed by atoms with E-state index in [1.807, 2.05) is 6.07 Å². The van der Waals surface area contributed by atoms with Gasteiger partial charge in [-0.25, -0.2) is 17.1 Å². The van der Waals surface area contributed by atoms with Crippen molar-refractivity contribution in [2.45, 2.75) is 18.3 Å². The number of hydrogen-bond acceptors (Lipinski definition) is 4. The monoisotopic (exact) mass is 350 g/mol. The molecule has 1 N–H and O–H groups in total. The Morgan fingerprint density at radius 3 is 2.67 bits per heavy atom. The summed E-state index contributed by atoms with van der Waals surface area (Å²) in [5, 5.41) is 2.98. The maximum atomic E-state index is 13.6. The first kappa shape index (κ1) is 16.7. The average Bonchev–Trinajstić information content (AvgIpc) is 2.56. The molecule has 0 bridgehead atoms. The van der Waals surface area contributed by atoms with Gasteiger partial charge in [0.25, 0.3) is 10.0 Å². The molecule has 1 aliphatic rings. The smallest absolute Gasteiger partial charge is 0.277 e. The molecule has 24 heavy (non-hydrogen) atoms. The Hall–Kier alpha value is -2.12. The molecule has 128 valence electrons. The molecule has 0 unspecified atom stereocenters. The van der Waals surface area contributed by atoms with Crippen molar-refractivity contribution in [2.75, 3.05) is 17.9 Å². The van der Waals surface area contributed by atoms with Gasteiger partial charge in [-0.05, 0) is 44.3 Å². The highest BCUT2D eigenvalue weighted by Crippen LogP contribution is 2.43. The normalized spacial score (nSPS) is 18.8. The van der Waals surface area contributed by atoms with Crippen molar-refractivity contribution in [1.82, 2.24) is 5.32 Å². The lowest BCUT2D eigenvalue weighted by Gasteiger charge is -2.35. The first-order valence-corrected chi connectivity index (χ1v) is 9.24. The van der Waals surface area contributed by atoms with E-state index in [0.29, 0.717) is 30.8 Å². The number of halogens is 1. The minimum absolute atomic E-state index is 0.239. The van der Waals surface area contributed by atoms with Gasteiger partial charge in [-0.15, -0.1) is 0 Å². The molecule has 0 amide bonds. The quantitative estimate of drug-likeness (QED) is 0.842. The molecular weight excluding hydrogens is 331 g/mol. The number of hydrogen-bond donors (Lipinski definition) is 1. The summed E-state index contributed by atoms with van der Waals surface area (Å²) in [4.78, 5) is 0. The zero-order valence-electron chi connectivity index (χ0n) is 13.3. The van der Waals surface area contributed by atoms with Gasteiger partial charge in [0.1, 0.15) is 11.6 Å². The Morgan fingerprint density at radius 1 is 1.21 bits per heavy atom. The van der Waals surface area contributed by atoms with Crippen molar-refractivity contribution in [2.24, 2.45) is 0 Å². The maximum Gasteiger partial charge on any atom is 0.277 e. The number of rotatable bonds is 5. The van der Waals surface area contributed by atoms with E-state index in [9.17, 15) is 12.8 Å². The zero-order chi connectivity index (χ0) is 17.2. The van der Waals surface area contributed by atoms with E-state index in [1.54, 1.807) is 31.3 Å². The lowest BCUT2D eigenvalue weighted by Crippen LogP contribution is -2.43. The van der Waals surface area contributed by atoms with Gasteiger partial charge in [-0.1, -0.05) is 18.2 Å². The molecule has 1 aliphatic heterocycles. The summed E-state index contributed by atoms with van der Waals surface area (Å²) in [7, 11) is -1.96. The molecule has 0 aliphatic carbocycles. The summed E-state index contributed by atoms with van der Waals surface area (Å²) in [5.41, 5.74) is -0.208. The van der Waals surface area contributed by atoms with Gasteiger partial charge in [-0.2, -0.15) is 0 Å². The average molecular weight is 350 g/mol. The fraction of sp³-hybridized carbons (Fsp3) is 0.294. The largest absolute Gasteiger partial charge is 0.470 e. The molecule has 2 aromatic rings. The molecule has 0 aromatic heterocycles. The van der Waals surface area contributed by atoms with Crippen LogP contribution < -0.4 is 14.4 Å². The molecule has 2 aromatic carbocycles. The van der Waals surface area contributed by atoms with Crippen LogP contribution in [0.3, 0.4) is 0 Å². The fourth-order valence-corrected chi connectivity index (χ4v) is 4.48. The third-order valence-corrected chi connectivity index (χ3v) is 5.76. The Balaban J connectivity index is 2.07. The van der Waals surface area contributed by atoms with Gasteiger partial charge >= 0.3 is 0 Å². The van der Waals surface area contributed by atoms with Crippen LogP contribution in [-0.2, 0) is 10.0 Å². The van der Waals surface area contributed by atoms with Crippen LogP contribution in [0.25, 0.3) is 0 Å². The molecule has 0 radical (unpaired) electrons. The highest BCUT2D eigenvalue weighted by Gasteiger charge is 2.40. The molecule has 1 atom stereocenters. The van der Waals surface area contributed by atoms with Crippen LogP contribution in [0.15, 0.2) is 48.5 Å². The summed E-state index contributed by atoms with van der Waals surface area (Å²) < 4.78 is 46.6. The number of anilines is 2. The van der Waals surface area contributed by atoms with Gasteiger partial charge in [0.05, 0.1) is 11.4 Å². The minimum Gasteiger partial charge on any atom is -0.470 e. The second-order valence-corrected chi connectivity index (χ2v) is 7.47. The topological polar surface area (TPSA) is 58.6 Å². The van der Waals surface area contributed by atoms with Crippen LogP contribution in [0, 0.1) is 5.82 Å². The zero-order valence-corrected chi connectivity index (χ0v) is 14.1. The fourth-order valence-electron chi connectivity index (χ4n) is 2.71. The third kappa shape index (κ3) is 3.09. The highest BCUT2D eigenvalue weighted by atomic mass is 32.2. The first-order valence-electron chi connectivity index (χ1n) is 7.74. The number of nitrogens with one attached hydrogen (secondary N) is 1. The van der Waals surface area contributed by atoms with Crippen LogP contribution in [0.5, 0.6) is 5.75 Å². The lowest BCUT2D eigenvalue weighted by molar-refractivity contribution is 0.253. The van der Waals surface area contributed by atoms with Crippen LogP contribution in [0.2, 0.25) is 0 Å². The van der Waals surface area contributed by atoms with Crippen molar-refractivity contribution >= 4 is 21.4 Å². The number of fused-ring (bicyclic) bond motifs is 1. The number of nitrogens with zero attached hydrogens (tertiary/aromatic N) is 1. The molecule has 1 heterocycles. The lowest BCUT2D eigenvalue weighted by atomic mass is 10.2. The molecule has 5 nitrogen and oxygen atoms in total. The van der Waals surface area contributed by atoms with Gasteiger partial charge in [0, 0.05) is 12.5 Å². The predicted octanol–water partition coefficient (Wildman–Crippen LogP) is 3.01. The van der Waals surface area contributed by atoms with E-state index in [1.165, 1.54) is 22.5 Å². The van der Waals surface area contributed by atoms with E-state index in [-0.39, 0.29) is 5.75 Å². The minimum atomic E-state index is -3.76. The molecule has 0 saturated heterocycles. The predicted molar refractivity (Wildman–Crippen MR) is 91.5 cm³/mol. The summed E-state index contributed by atoms with van der Waals surface area (Å²) in [6.07, 6.45) is 0.954. The molecule has 7 heteroatoms. The number of para-hydroxylation sites is 1. The van der Waals surface area contributed by atoms with Crippen LogP contribution in [-0.4, -0.2) is 27.4 Å². The number of benzene rings is 2. The second-order valence-electron chi connectivity index (χ2n) is 5.55. The maximum absolute atomic E-state index is 13.6. The van der Waals surface area contributed by atoms with Crippen molar-refractivity contribution < 1.29 is 17.5 Å². The Bertz CT molecular complexity index is 812. The Kier molecular flexibility index (Phi) is 4.73. The van der Waals surface area contributed by atoms with E-state index in [2.05, 4.69) is 5.32 Å². The summed E-state index contributed by atoms with van der Waals surface area (Å²) in [5.74, 6) is -0.224. The van der Waals surface area contributed by atoms with Crippen LogP contribution in [0.1, 0.15) is 12.8 Å². The van der Waals surface area contributed by atoms with Crippen molar-refractivity contribution in [3.8, 4) is 5.75 Å². The Labute approximate surface area is 141 Å². The molecule has 0 saturated carbocycles. The Morgan fingerprint density at radius 2 is 1.96 bits per heavy atom. The van der Waals surface area contributed by atoms with Gasteiger partial charge in [0.2, 0.25) is 5.44 Å². The standard InChI is InChI=1S/C17H19FN2O3S/c1-19-11-5-8-17-23-16-12-13(18)9-10-15(16)20(24(17,21)22)14-6-3-2-4-7-14/h2-4,6-7,9-10,12,17,19H,5,8,11H2,1H3/t17-/m1/s1. The second kappa shape index (κ2) is 6.78. The van der Waals surface area contributed by atoms with Gasteiger partial charge in [0.15, 0.2) is 0 Å². The van der Waals surface area contributed by atoms with Crippen LogP contribution >= 0.6 is 0 Å². The first-order chi connectivity index (χ1) is 11.5. The summed E-state index contributed by atoms with van der Waals surface area (Å²) >= 11 is 0. The molecular formula is C17H19FN2O3S. The van der Waals surface area contributed by atoms with Gasteiger partial charge < -0.3 is 10.1 Å². The van der Waals surface area contributed by atoms with Crippen LogP contribution in [0.4, 0.5) is 15.8 Å². The van der Waals surface area contributed by atoms with E-state index in [4.69, 9.17) is 4.74 Å². The summed E-state index contributed by atoms with van der Waals surface area (Å²) in [6.45, 7) is 0.677. The van der Waals surface area contributed by atoms with Crippen molar-refractivity contribution in [3.63, 3.8) is 0 Å². The number of sulfonamides is 1. The number of ether oxygens (including phenoxy) is 1. The van der Waals surface area contributed by atoms with Gasteiger partial charge in [-0.3, -0.25) is 0 Å². The third-order valence-electron chi connectivity index (χ3n) is 3.84. The van der Waals surface area contributed by atoms with Crippen molar-refractivity contribution in [3.05, 3.63) is 54.3 Å². The van der Waals surface area contributed by atoms with E-state index < -0.39 is 21.3 Å². The van der Waals surface area contributed by atoms with E-state index in [0.717, 1.165) is 0 Å². The summed E-state index contributed by atoms with van der Waals surface area (Å²) in [6, 6.07) is 12.6. The van der Waals surface area contributed by atoms with E-state index >= 15 is 0 Å². The highest BCUT2D eigenvalue weighted by molar-refractivity contribution is 7.93. The molecule has 3 rings (SSSR count).